The highest BCUT2D eigenvalue weighted by Gasteiger charge is 2.22. The first-order valence-corrected chi connectivity index (χ1v) is 40.2. The van der Waals surface area contributed by atoms with E-state index in [1.165, 1.54) is 96.3 Å². The second-order valence-electron chi connectivity index (χ2n) is 27.2. The third kappa shape index (κ3) is 81.0. The van der Waals surface area contributed by atoms with Gasteiger partial charge in [-0.1, -0.05) is 342 Å². The topological polar surface area (TPSA) is 111 Å². The molecule has 0 aliphatic rings. The molecule has 0 amide bonds. The van der Waals surface area contributed by atoms with Gasteiger partial charge in [0.25, 0.3) is 0 Å². The van der Waals surface area contributed by atoms with Crippen molar-refractivity contribution in [2.45, 2.75) is 309 Å². The van der Waals surface area contributed by atoms with Gasteiger partial charge in [0.05, 0.1) is 40.3 Å². The molecule has 9 heteroatoms. The summed E-state index contributed by atoms with van der Waals surface area (Å²) in [6, 6.07) is 0. The predicted octanol–water partition coefficient (Wildman–Crippen LogP) is 24.9. The van der Waals surface area contributed by atoms with Crippen molar-refractivity contribution in [1.29, 1.82) is 0 Å². The van der Waals surface area contributed by atoms with E-state index in [0.29, 0.717) is 17.4 Å². The molecule has 0 rings (SSSR count). The van der Waals surface area contributed by atoms with Gasteiger partial charge < -0.3 is 33.3 Å². The number of carbonyl (C=O) groups excluding carboxylic acids is 3. The van der Waals surface area contributed by atoms with E-state index < -0.39 is 24.3 Å². The molecule has 2 atom stereocenters. The van der Waals surface area contributed by atoms with Crippen molar-refractivity contribution in [3.63, 3.8) is 0 Å². The summed E-state index contributed by atoms with van der Waals surface area (Å²) in [5.41, 5.74) is 0. The summed E-state index contributed by atoms with van der Waals surface area (Å²) in [4.78, 5) is 37.6. The molecule has 0 aromatic carbocycles. The van der Waals surface area contributed by atoms with Gasteiger partial charge in [-0.3, -0.25) is 9.59 Å². The fraction of sp³-hybridized carbons (Fsp3) is 0.598. The standard InChI is InChI=1S/C92H147NO8/c1-6-8-10-12-14-16-18-20-22-24-26-28-30-32-34-36-38-40-42-44-45-47-48-50-52-54-56-58-60-62-64-66-68-70-72-74-76-78-80-82-89(94)99-86-88(87-100-92(91(96)97)98-85-84-93(3,4)5)101-90(95)83-81-79-77-75-73-71-69-67-65-63-61-59-57-55-53-51-49-46-43-41-39-37-35-33-31-29-27-25-23-21-19-17-15-13-11-9-7-2/h8-11,14-17,20-23,26-29,32-35,38-41,44-46,49,53,55,59,61,65,67,88,92H,6-7,12-13,18-19,24-25,30-31,36-37,42-43,47-48,50-52,54,56-58,60,62-64,66,68-87H2,1-5H3/b10-8-,11-9-,16-14-,17-15-,22-20-,23-21-,28-26-,29-27-,34-32-,35-33-,40-38-,41-39-,45-44-,49-46-,55-53-,61-59-,67-65-. The maximum absolute atomic E-state index is 13.0. The summed E-state index contributed by atoms with van der Waals surface area (Å²) in [7, 11) is 5.92. The van der Waals surface area contributed by atoms with Crippen molar-refractivity contribution >= 4 is 17.9 Å². The van der Waals surface area contributed by atoms with Crippen LogP contribution in [0.15, 0.2) is 207 Å². The second-order valence-corrected chi connectivity index (χ2v) is 27.2. The van der Waals surface area contributed by atoms with Crippen LogP contribution in [-0.2, 0) is 33.3 Å². The molecule has 2 unspecified atom stereocenters. The first kappa shape index (κ1) is 94.9. The van der Waals surface area contributed by atoms with Gasteiger partial charge in [0.15, 0.2) is 12.4 Å². The molecule has 0 spiro atoms. The van der Waals surface area contributed by atoms with Crippen LogP contribution in [0.4, 0.5) is 0 Å². The Morgan fingerprint density at radius 3 is 0.792 bits per heavy atom. The number of quaternary nitrogens is 1. The molecule has 0 heterocycles. The van der Waals surface area contributed by atoms with E-state index in [-0.39, 0.29) is 38.6 Å². The SMILES string of the molecule is CC/C=C\C/C=C\C/C=C\C/C=C\C/C=C\C/C=C\C/C=C\C/C=C\C/C=C\C/C=C\CCCCCCCCC(=O)OC(COC(=O)CCCCCCCCCCCCCCCCCCC/C=C\C/C=C\C/C=C\C/C=C\C/C=C\C/C=C\C/C=C\CC)COC(OCC[N+](C)(C)C)C(=O)[O-]. The highest BCUT2D eigenvalue weighted by molar-refractivity contribution is 5.70. The monoisotopic (exact) mass is 1390 g/mol. The smallest absolute Gasteiger partial charge is 0.306 e. The number of likely N-dealkylation sites (N-methyl/N-ethyl adjacent to an activating group) is 1. The summed E-state index contributed by atoms with van der Waals surface area (Å²) < 4.78 is 22.8. The van der Waals surface area contributed by atoms with E-state index in [0.717, 1.165) is 167 Å². The van der Waals surface area contributed by atoms with Crippen LogP contribution >= 0.6 is 0 Å². The zero-order valence-corrected chi connectivity index (χ0v) is 64.9. The average Bonchev–Trinajstić information content (AvgIpc) is 1.25. The Morgan fingerprint density at radius 1 is 0.297 bits per heavy atom. The Morgan fingerprint density at radius 2 is 0.535 bits per heavy atom. The number of carbonyl (C=O) groups is 3. The number of allylic oxidation sites excluding steroid dienone is 34. The summed E-state index contributed by atoms with van der Waals surface area (Å²) >= 11 is 0. The number of esters is 2. The number of ether oxygens (including phenoxy) is 4. The molecule has 568 valence electrons. The lowest BCUT2D eigenvalue weighted by Gasteiger charge is -2.26. The highest BCUT2D eigenvalue weighted by atomic mass is 16.7. The fourth-order valence-electron chi connectivity index (χ4n) is 10.5. The minimum absolute atomic E-state index is 0.135. The van der Waals surface area contributed by atoms with E-state index >= 15 is 0 Å². The van der Waals surface area contributed by atoms with Gasteiger partial charge in [0.2, 0.25) is 0 Å². The van der Waals surface area contributed by atoms with Crippen LogP contribution in [0.2, 0.25) is 0 Å². The van der Waals surface area contributed by atoms with Crippen LogP contribution in [0.1, 0.15) is 296 Å². The molecule has 0 saturated carbocycles. The molecular formula is C92H147NO8. The predicted molar refractivity (Wildman–Crippen MR) is 434 cm³/mol. The van der Waals surface area contributed by atoms with Crippen molar-refractivity contribution in [2.24, 2.45) is 0 Å². The number of hydrogen-bond donors (Lipinski definition) is 0. The van der Waals surface area contributed by atoms with Gasteiger partial charge in [-0.15, -0.1) is 0 Å². The van der Waals surface area contributed by atoms with Gasteiger partial charge in [-0.25, -0.2) is 0 Å². The number of rotatable bonds is 72. The van der Waals surface area contributed by atoms with E-state index in [2.05, 4.69) is 220 Å². The van der Waals surface area contributed by atoms with E-state index in [4.69, 9.17) is 18.9 Å². The van der Waals surface area contributed by atoms with E-state index in [1.54, 1.807) is 0 Å². The summed E-state index contributed by atoms with van der Waals surface area (Å²) in [5.74, 6) is -2.31. The molecule has 0 bridgehead atoms. The van der Waals surface area contributed by atoms with Crippen LogP contribution in [0.25, 0.3) is 0 Å². The Hall–Kier alpha value is -6.13. The number of carboxylic acids is 1. The minimum Gasteiger partial charge on any atom is -0.545 e. The van der Waals surface area contributed by atoms with E-state index in [1.807, 2.05) is 21.1 Å². The lowest BCUT2D eigenvalue weighted by Crippen LogP contribution is -2.44. The van der Waals surface area contributed by atoms with Crippen molar-refractivity contribution in [3.05, 3.63) is 207 Å². The minimum atomic E-state index is -1.64. The normalized spacial score (nSPS) is 13.8. The first-order chi connectivity index (χ1) is 49.6. The van der Waals surface area contributed by atoms with Crippen molar-refractivity contribution in [1.82, 2.24) is 0 Å². The maximum Gasteiger partial charge on any atom is 0.306 e. The molecule has 0 N–H and O–H groups in total. The molecule has 0 aromatic heterocycles. The van der Waals surface area contributed by atoms with Crippen LogP contribution < -0.4 is 5.11 Å². The molecule has 0 saturated heterocycles. The zero-order valence-electron chi connectivity index (χ0n) is 64.9. The molecule has 0 aliphatic heterocycles. The molecular weight excluding hydrogens is 1250 g/mol. The summed E-state index contributed by atoms with van der Waals surface area (Å²) in [5, 5.41) is 11.9. The summed E-state index contributed by atoms with van der Waals surface area (Å²) in [6.07, 6.45) is 121. The zero-order chi connectivity index (χ0) is 73.2. The maximum atomic E-state index is 13.0. The molecule has 9 nitrogen and oxygen atoms in total. The van der Waals surface area contributed by atoms with Crippen LogP contribution in [-0.4, -0.2) is 82.3 Å². The number of unbranched alkanes of at least 4 members (excludes halogenated alkanes) is 23. The van der Waals surface area contributed by atoms with E-state index in [9.17, 15) is 19.5 Å². The lowest BCUT2D eigenvalue weighted by atomic mass is 10.0. The Kier molecular flexibility index (Phi) is 74.7. The molecule has 0 aliphatic carbocycles. The van der Waals surface area contributed by atoms with Gasteiger partial charge in [0, 0.05) is 12.8 Å². The molecule has 101 heavy (non-hydrogen) atoms. The lowest BCUT2D eigenvalue weighted by molar-refractivity contribution is -0.870. The van der Waals surface area contributed by atoms with Gasteiger partial charge in [-0.2, -0.15) is 0 Å². The average molecular weight is 1400 g/mol. The molecule has 0 fully saturated rings. The highest BCUT2D eigenvalue weighted by Crippen LogP contribution is 2.17. The molecule has 0 aromatic rings. The van der Waals surface area contributed by atoms with Crippen molar-refractivity contribution < 1.29 is 42.9 Å². The van der Waals surface area contributed by atoms with Crippen molar-refractivity contribution in [3.8, 4) is 0 Å². The van der Waals surface area contributed by atoms with Gasteiger partial charge >= 0.3 is 11.9 Å². The summed E-state index contributed by atoms with van der Waals surface area (Å²) in [6.45, 7) is 4.50. The van der Waals surface area contributed by atoms with Crippen LogP contribution in [0, 0.1) is 0 Å². The fourth-order valence-corrected chi connectivity index (χ4v) is 10.5. The first-order valence-electron chi connectivity index (χ1n) is 40.2. The van der Waals surface area contributed by atoms with Crippen LogP contribution in [0.5, 0.6) is 0 Å². The van der Waals surface area contributed by atoms with Gasteiger partial charge in [0.1, 0.15) is 13.2 Å². The number of carboxylic acid groups (broad SMARTS) is 1. The van der Waals surface area contributed by atoms with Gasteiger partial charge in [-0.05, 0) is 148 Å². The Labute approximate surface area is 620 Å². The number of aliphatic carboxylic acids is 1. The number of hydrogen-bond acceptors (Lipinski definition) is 8. The number of nitrogens with zero attached hydrogens (tertiary/aromatic N) is 1. The quantitative estimate of drug-likeness (QED) is 0.0195. The Bertz CT molecular complexity index is 2420. The third-order valence-electron chi connectivity index (χ3n) is 16.5. The molecule has 0 radical (unpaired) electrons. The second kappa shape index (κ2) is 79.6. The largest absolute Gasteiger partial charge is 0.545 e. The Balaban J connectivity index is 4.13. The third-order valence-corrected chi connectivity index (χ3v) is 16.5. The van der Waals surface area contributed by atoms with Crippen molar-refractivity contribution in [2.75, 3.05) is 47.5 Å². The van der Waals surface area contributed by atoms with Crippen LogP contribution in [0.3, 0.4) is 0 Å².